The maximum Gasteiger partial charge on any atom is 0.341 e. The van der Waals surface area contributed by atoms with E-state index in [0.717, 1.165) is 11.3 Å². The lowest BCUT2D eigenvalue weighted by Crippen LogP contribution is -2.06. The van der Waals surface area contributed by atoms with E-state index in [1.165, 1.54) is 6.20 Å². The smallest absolute Gasteiger partial charge is 0.341 e. The van der Waals surface area contributed by atoms with Crippen LogP contribution >= 0.6 is 0 Å². The van der Waals surface area contributed by atoms with Crippen molar-refractivity contribution in [3.63, 3.8) is 0 Å². The molecule has 5 heteroatoms. The Morgan fingerprint density at radius 1 is 1.53 bits per heavy atom. The van der Waals surface area contributed by atoms with Crippen molar-refractivity contribution in [3.05, 3.63) is 47.8 Å². The molecule has 1 unspecified atom stereocenters. The molecule has 1 aromatic heterocycles. The largest absolute Gasteiger partial charge is 0.462 e. The Morgan fingerprint density at radius 2 is 2.32 bits per heavy atom. The van der Waals surface area contributed by atoms with E-state index in [2.05, 4.69) is 5.10 Å². The number of hydrogen-bond acceptors (Lipinski definition) is 4. The van der Waals surface area contributed by atoms with Gasteiger partial charge >= 0.3 is 5.97 Å². The van der Waals surface area contributed by atoms with Crippen LogP contribution in [0, 0.1) is 0 Å². The Bertz CT molecular complexity index is 576. The maximum atomic E-state index is 11.6. The third kappa shape index (κ3) is 3.00. The van der Waals surface area contributed by atoms with Gasteiger partial charge in [0.25, 0.3) is 0 Å². The quantitative estimate of drug-likeness (QED) is 0.853. The van der Waals surface area contributed by atoms with Gasteiger partial charge in [-0.05, 0) is 31.5 Å². The number of nitrogens with zero attached hydrogens (tertiary/aromatic N) is 2. The van der Waals surface area contributed by atoms with Crippen LogP contribution in [0.25, 0.3) is 5.69 Å². The van der Waals surface area contributed by atoms with Gasteiger partial charge in [0.05, 0.1) is 24.1 Å². The van der Waals surface area contributed by atoms with Crippen LogP contribution in [0.5, 0.6) is 0 Å². The van der Waals surface area contributed by atoms with Crippen molar-refractivity contribution >= 4 is 5.97 Å². The van der Waals surface area contributed by atoms with Crippen molar-refractivity contribution in [1.82, 2.24) is 9.78 Å². The van der Waals surface area contributed by atoms with Crippen molar-refractivity contribution in [2.75, 3.05) is 6.61 Å². The molecule has 0 fully saturated rings. The normalized spacial score (nSPS) is 12.2. The number of carbonyl (C=O) groups is 1. The van der Waals surface area contributed by atoms with Crippen LogP contribution in [0.2, 0.25) is 0 Å². The molecule has 2 aromatic rings. The minimum atomic E-state index is -0.364. The fourth-order valence-corrected chi connectivity index (χ4v) is 1.73. The Morgan fingerprint density at radius 3 is 3.00 bits per heavy atom. The van der Waals surface area contributed by atoms with Crippen molar-refractivity contribution in [2.45, 2.75) is 19.9 Å². The van der Waals surface area contributed by atoms with E-state index in [1.54, 1.807) is 17.8 Å². The summed E-state index contributed by atoms with van der Waals surface area (Å²) < 4.78 is 6.56. The molecule has 1 heterocycles. The van der Waals surface area contributed by atoms with Crippen molar-refractivity contribution in [1.29, 1.82) is 0 Å². The van der Waals surface area contributed by atoms with Gasteiger partial charge in [0.2, 0.25) is 0 Å². The van der Waals surface area contributed by atoms with Crippen LogP contribution in [-0.4, -0.2) is 22.4 Å². The zero-order chi connectivity index (χ0) is 13.8. The Labute approximate surface area is 112 Å². The van der Waals surface area contributed by atoms with Crippen molar-refractivity contribution in [3.8, 4) is 5.69 Å². The Balaban J connectivity index is 2.27. The first-order chi connectivity index (χ1) is 9.11. The summed E-state index contributed by atoms with van der Waals surface area (Å²) in [7, 11) is 0. The first-order valence-electron chi connectivity index (χ1n) is 6.19. The van der Waals surface area contributed by atoms with Gasteiger partial charge in [-0.2, -0.15) is 5.10 Å². The van der Waals surface area contributed by atoms with Crippen molar-refractivity contribution in [2.24, 2.45) is 5.73 Å². The maximum absolute atomic E-state index is 11.6. The zero-order valence-corrected chi connectivity index (χ0v) is 11.0. The summed E-state index contributed by atoms with van der Waals surface area (Å²) >= 11 is 0. The molecular weight excluding hydrogens is 242 g/mol. The van der Waals surface area contributed by atoms with E-state index >= 15 is 0 Å². The van der Waals surface area contributed by atoms with Crippen LogP contribution < -0.4 is 5.73 Å². The molecule has 100 valence electrons. The highest BCUT2D eigenvalue weighted by Crippen LogP contribution is 2.15. The predicted octanol–water partition coefficient (Wildman–Crippen LogP) is 2.07. The number of nitrogens with two attached hydrogens (primary N) is 1. The molecule has 1 atom stereocenters. The highest BCUT2D eigenvalue weighted by atomic mass is 16.5. The third-order valence-corrected chi connectivity index (χ3v) is 2.75. The lowest BCUT2D eigenvalue weighted by Gasteiger charge is -2.08. The molecule has 1 aromatic carbocycles. The molecule has 0 spiro atoms. The number of aromatic nitrogens is 2. The van der Waals surface area contributed by atoms with E-state index in [9.17, 15) is 4.79 Å². The first-order valence-corrected chi connectivity index (χ1v) is 6.19. The molecule has 19 heavy (non-hydrogen) atoms. The molecule has 0 radical (unpaired) electrons. The topological polar surface area (TPSA) is 70.1 Å². The van der Waals surface area contributed by atoms with E-state index in [1.807, 2.05) is 31.2 Å². The van der Waals surface area contributed by atoms with Gasteiger partial charge < -0.3 is 10.5 Å². The molecule has 5 nitrogen and oxygen atoms in total. The summed E-state index contributed by atoms with van der Waals surface area (Å²) in [5.74, 6) is -0.364. The second-order valence-electron chi connectivity index (χ2n) is 4.28. The fourth-order valence-electron chi connectivity index (χ4n) is 1.73. The highest BCUT2D eigenvalue weighted by molar-refractivity contribution is 5.88. The minimum absolute atomic E-state index is 0.0416. The van der Waals surface area contributed by atoms with Gasteiger partial charge in [0, 0.05) is 12.2 Å². The van der Waals surface area contributed by atoms with E-state index in [4.69, 9.17) is 10.5 Å². The lowest BCUT2D eigenvalue weighted by molar-refractivity contribution is 0.0526. The number of carbonyl (C=O) groups excluding carboxylic acids is 1. The van der Waals surface area contributed by atoms with E-state index in [-0.39, 0.29) is 12.0 Å². The lowest BCUT2D eigenvalue weighted by atomic mass is 10.1. The van der Waals surface area contributed by atoms with Gasteiger partial charge in [0.1, 0.15) is 0 Å². The highest BCUT2D eigenvalue weighted by Gasteiger charge is 2.10. The SMILES string of the molecule is CCOC(=O)c1cnn(-c2cccc(C(C)N)c2)c1. The third-order valence-electron chi connectivity index (χ3n) is 2.75. The molecular formula is C14H17N3O2. The standard InChI is InChI=1S/C14H17N3O2/c1-3-19-14(18)12-8-16-17(9-12)13-6-4-5-11(7-13)10(2)15/h4-10H,3,15H2,1-2H3. The van der Waals surface area contributed by atoms with Crippen LogP contribution in [-0.2, 0) is 4.74 Å². The van der Waals surface area contributed by atoms with Gasteiger partial charge in [-0.25, -0.2) is 9.48 Å². The van der Waals surface area contributed by atoms with Crippen molar-refractivity contribution < 1.29 is 9.53 Å². The molecule has 0 aliphatic rings. The minimum Gasteiger partial charge on any atom is -0.462 e. The summed E-state index contributed by atoms with van der Waals surface area (Å²) in [6, 6.07) is 7.70. The van der Waals surface area contributed by atoms with Crippen LogP contribution in [0.4, 0.5) is 0 Å². The molecule has 0 saturated carbocycles. The average Bonchev–Trinajstić information content (AvgIpc) is 2.89. The molecule has 0 aliphatic heterocycles. The molecule has 0 bridgehead atoms. The second kappa shape index (κ2) is 5.67. The van der Waals surface area contributed by atoms with Crippen LogP contribution in [0.15, 0.2) is 36.7 Å². The van der Waals surface area contributed by atoms with Gasteiger partial charge in [-0.1, -0.05) is 12.1 Å². The van der Waals surface area contributed by atoms with Gasteiger partial charge in [0.15, 0.2) is 0 Å². The number of rotatable bonds is 4. The summed E-state index contributed by atoms with van der Waals surface area (Å²) in [4.78, 5) is 11.6. The number of ether oxygens (including phenoxy) is 1. The number of esters is 1. The van der Waals surface area contributed by atoms with Crippen LogP contribution in [0.1, 0.15) is 35.8 Å². The summed E-state index contributed by atoms with van der Waals surface area (Å²) in [6.07, 6.45) is 3.15. The molecule has 0 amide bonds. The first kappa shape index (κ1) is 13.3. The summed E-state index contributed by atoms with van der Waals surface area (Å²) in [5, 5.41) is 4.17. The predicted molar refractivity (Wildman–Crippen MR) is 72.1 cm³/mol. The van der Waals surface area contributed by atoms with Gasteiger partial charge in [-0.15, -0.1) is 0 Å². The second-order valence-corrected chi connectivity index (χ2v) is 4.28. The monoisotopic (exact) mass is 259 g/mol. The average molecular weight is 259 g/mol. The zero-order valence-electron chi connectivity index (χ0n) is 11.0. The fraction of sp³-hybridized carbons (Fsp3) is 0.286. The summed E-state index contributed by atoms with van der Waals surface area (Å²) in [6.45, 7) is 4.05. The molecule has 0 saturated heterocycles. The van der Waals surface area contributed by atoms with Gasteiger partial charge in [-0.3, -0.25) is 0 Å². The number of benzene rings is 1. The van der Waals surface area contributed by atoms with E-state index in [0.29, 0.717) is 12.2 Å². The molecule has 0 aliphatic carbocycles. The molecule has 2 rings (SSSR count). The van der Waals surface area contributed by atoms with E-state index < -0.39 is 0 Å². The van der Waals surface area contributed by atoms with Crippen LogP contribution in [0.3, 0.4) is 0 Å². The Kier molecular flexibility index (Phi) is 3.97. The summed E-state index contributed by atoms with van der Waals surface area (Å²) in [5.41, 5.74) is 8.17. The Hall–Kier alpha value is -2.14. The molecule has 2 N–H and O–H groups in total. The number of hydrogen-bond donors (Lipinski definition) is 1.